The number of ether oxygens (including phenoxy) is 1. The molecule has 7 nitrogen and oxygen atoms in total. The number of carboxylic acids is 1. The minimum Gasteiger partial charge on any atom is -0.481 e. The van der Waals surface area contributed by atoms with Crippen molar-refractivity contribution in [3.8, 4) is 11.5 Å². The first-order valence-corrected chi connectivity index (χ1v) is 7.69. The van der Waals surface area contributed by atoms with Gasteiger partial charge in [-0.05, 0) is 31.2 Å². The molecule has 1 saturated heterocycles. The Balaban J connectivity index is 1.76. The zero-order valence-corrected chi connectivity index (χ0v) is 13.3. The van der Waals surface area contributed by atoms with Crippen LogP contribution in [0.5, 0.6) is 0 Å². The quantitative estimate of drug-likeness (QED) is 0.921. The van der Waals surface area contributed by atoms with Gasteiger partial charge in [0.05, 0.1) is 36.7 Å². The first-order valence-electron chi connectivity index (χ1n) is 7.69. The zero-order chi connectivity index (χ0) is 17.1. The van der Waals surface area contributed by atoms with Crippen LogP contribution in [0.25, 0.3) is 11.5 Å². The summed E-state index contributed by atoms with van der Waals surface area (Å²) in [5.74, 6) is -0.454. The molecular formula is C17H18N2O5. The molecule has 3 rings (SSSR count). The number of carbonyl (C=O) groups excluding carboxylic acids is 1. The number of hydrogen-bond donors (Lipinski definition) is 1. The molecule has 1 fully saturated rings. The summed E-state index contributed by atoms with van der Waals surface area (Å²) in [5.41, 5.74) is 1.77. The Hall–Kier alpha value is -2.67. The van der Waals surface area contributed by atoms with Crippen molar-refractivity contribution in [3.63, 3.8) is 0 Å². The van der Waals surface area contributed by atoms with Crippen molar-refractivity contribution in [1.29, 1.82) is 0 Å². The summed E-state index contributed by atoms with van der Waals surface area (Å²) in [6, 6.07) is 7.06. The van der Waals surface area contributed by atoms with Gasteiger partial charge in [-0.2, -0.15) is 0 Å². The number of pyridine rings is 1. The van der Waals surface area contributed by atoms with Gasteiger partial charge in [-0.25, -0.2) is 4.98 Å². The number of nitrogens with zero attached hydrogens (tertiary/aromatic N) is 2. The lowest BCUT2D eigenvalue weighted by atomic mass is 10.1. The fourth-order valence-corrected chi connectivity index (χ4v) is 2.74. The van der Waals surface area contributed by atoms with Gasteiger partial charge in [0.15, 0.2) is 5.76 Å². The monoisotopic (exact) mass is 330 g/mol. The van der Waals surface area contributed by atoms with Gasteiger partial charge in [-0.3, -0.25) is 9.59 Å². The molecule has 1 unspecified atom stereocenters. The minimum atomic E-state index is -0.935. The summed E-state index contributed by atoms with van der Waals surface area (Å²) in [5, 5.41) is 8.87. The smallest absolute Gasteiger partial charge is 0.306 e. The third-order valence-corrected chi connectivity index (χ3v) is 3.92. The molecule has 2 aromatic heterocycles. The second kappa shape index (κ2) is 6.84. The summed E-state index contributed by atoms with van der Waals surface area (Å²) in [7, 11) is 0. The molecule has 1 N–H and O–H groups in total. The normalized spacial score (nSPS) is 17.7. The van der Waals surface area contributed by atoms with Crippen LogP contribution in [0.15, 0.2) is 34.9 Å². The van der Waals surface area contributed by atoms with E-state index in [1.165, 1.54) is 0 Å². The fraction of sp³-hybridized carbons (Fsp3) is 0.353. The Kier molecular flexibility index (Phi) is 4.61. The van der Waals surface area contributed by atoms with Gasteiger partial charge in [0.25, 0.3) is 5.91 Å². The maximum Gasteiger partial charge on any atom is 0.306 e. The van der Waals surface area contributed by atoms with Crippen LogP contribution in [0.2, 0.25) is 0 Å². The Labute approximate surface area is 138 Å². The van der Waals surface area contributed by atoms with Gasteiger partial charge >= 0.3 is 5.97 Å². The van der Waals surface area contributed by atoms with Gasteiger partial charge < -0.3 is 19.2 Å². The first-order chi connectivity index (χ1) is 11.5. The van der Waals surface area contributed by atoms with Crippen LogP contribution in [0.3, 0.4) is 0 Å². The van der Waals surface area contributed by atoms with Crippen LogP contribution in [-0.4, -0.2) is 52.7 Å². The van der Waals surface area contributed by atoms with E-state index in [-0.39, 0.29) is 18.9 Å². The van der Waals surface area contributed by atoms with Crippen LogP contribution in [-0.2, 0) is 9.53 Å². The molecule has 1 aliphatic heterocycles. The minimum absolute atomic E-state index is 0.113. The Morgan fingerprint density at radius 1 is 1.38 bits per heavy atom. The molecule has 0 bridgehead atoms. The maximum absolute atomic E-state index is 12.7. The maximum atomic E-state index is 12.7. The average Bonchev–Trinajstić information content (AvgIpc) is 3.08. The van der Waals surface area contributed by atoms with Gasteiger partial charge in [-0.15, -0.1) is 0 Å². The molecular weight excluding hydrogens is 312 g/mol. The zero-order valence-electron chi connectivity index (χ0n) is 13.3. The van der Waals surface area contributed by atoms with Crippen molar-refractivity contribution in [3.05, 3.63) is 41.8 Å². The van der Waals surface area contributed by atoms with Crippen LogP contribution in [0.4, 0.5) is 0 Å². The lowest BCUT2D eigenvalue weighted by molar-refractivity contribution is -0.141. The van der Waals surface area contributed by atoms with Crippen LogP contribution in [0.1, 0.15) is 22.5 Å². The highest BCUT2D eigenvalue weighted by molar-refractivity contribution is 5.95. The first kappa shape index (κ1) is 16.2. The summed E-state index contributed by atoms with van der Waals surface area (Å²) >= 11 is 0. The van der Waals surface area contributed by atoms with Crippen molar-refractivity contribution < 1.29 is 23.8 Å². The molecule has 2 aromatic rings. The van der Waals surface area contributed by atoms with Crippen LogP contribution in [0, 0.1) is 6.92 Å². The highest BCUT2D eigenvalue weighted by Gasteiger charge is 2.27. The molecule has 126 valence electrons. The molecule has 24 heavy (non-hydrogen) atoms. The molecule has 1 atom stereocenters. The number of hydrogen-bond acceptors (Lipinski definition) is 5. The fourth-order valence-electron chi connectivity index (χ4n) is 2.74. The summed E-state index contributed by atoms with van der Waals surface area (Å²) in [6.07, 6.45) is 0.982. The lowest BCUT2D eigenvalue weighted by Crippen LogP contribution is -2.46. The highest BCUT2D eigenvalue weighted by atomic mass is 16.5. The van der Waals surface area contributed by atoms with Crippen LogP contribution < -0.4 is 0 Å². The van der Waals surface area contributed by atoms with Crippen molar-refractivity contribution in [1.82, 2.24) is 9.88 Å². The number of aliphatic carboxylic acids is 1. The van der Waals surface area contributed by atoms with E-state index >= 15 is 0 Å². The summed E-state index contributed by atoms with van der Waals surface area (Å²) in [4.78, 5) is 29.6. The van der Waals surface area contributed by atoms with Crippen molar-refractivity contribution in [2.24, 2.45) is 0 Å². The summed E-state index contributed by atoms with van der Waals surface area (Å²) in [6.45, 7) is 2.81. The lowest BCUT2D eigenvalue weighted by Gasteiger charge is -2.32. The van der Waals surface area contributed by atoms with Crippen molar-refractivity contribution in [2.45, 2.75) is 19.4 Å². The topological polar surface area (TPSA) is 92.9 Å². The molecule has 0 saturated carbocycles. The number of aromatic nitrogens is 1. The second-order valence-corrected chi connectivity index (χ2v) is 5.65. The predicted octanol–water partition coefficient (Wildman–Crippen LogP) is 1.97. The largest absolute Gasteiger partial charge is 0.481 e. The summed E-state index contributed by atoms with van der Waals surface area (Å²) < 4.78 is 10.7. The van der Waals surface area contributed by atoms with Crippen LogP contribution >= 0.6 is 0 Å². The van der Waals surface area contributed by atoms with Gasteiger partial charge in [0.1, 0.15) is 5.69 Å². The van der Waals surface area contributed by atoms with Gasteiger partial charge in [0, 0.05) is 13.1 Å². The van der Waals surface area contributed by atoms with E-state index in [2.05, 4.69) is 4.98 Å². The van der Waals surface area contributed by atoms with E-state index in [1.807, 2.05) is 6.07 Å². The molecule has 3 heterocycles. The predicted molar refractivity (Wildman–Crippen MR) is 84.6 cm³/mol. The van der Waals surface area contributed by atoms with E-state index in [4.69, 9.17) is 14.3 Å². The molecule has 7 heteroatoms. The van der Waals surface area contributed by atoms with E-state index in [9.17, 15) is 9.59 Å². The number of aryl methyl sites for hydroxylation is 1. The number of rotatable bonds is 4. The number of carboxylic acid groups (broad SMARTS) is 1. The van der Waals surface area contributed by atoms with E-state index in [1.54, 1.807) is 36.3 Å². The third-order valence-electron chi connectivity index (χ3n) is 3.92. The van der Waals surface area contributed by atoms with E-state index in [0.29, 0.717) is 35.9 Å². The number of furan rings is 1. The third kappa shape index (κ3) is 3.46. The Morgan fingerprint density at radius 2 is 2.21 bits per heavy atom. The Morgan fingerprint density at radius 3 is 2.88 bits per heavy atom. The number of carbonyl (C=O) groups is 2. The molecule has 1 amide bonds. The van der Waals surface area contributed by atoms with Gasteiger partial charge in [-0.1, -0.05) is 0 Å². The number of morpholine rings is 1. The standard InChI is InChI=1S/C17H18N2O5/c1-11-13(4-5-14(18-11)15-3-2-7-24-15)17(22)19-6-8-23-12(10-19)9-16(20)21/h2-5,7,12H,6,8-10H2,1H3,(H,20,21). The average molecular weight is 330 g/mol. The van der Waals surface area contributed by atoms with Crippen molar-refractivity contribution >= 4 is 11.9 Å². The molecule has 0 spiro atoms. The molecule has 0 aliphatic carbocycles. The SMILES string of the molecule is Cc1nc(-c2ccco2)ccc1C(=O)N1CCOC(CC(=O)O)C1. The van der Waals surface area contributed by atoms with E-state index in [0.717, 1.165) is 0 Å². The van der Waals surface area contributed by atoms with E-state index < -0.39 is 12.1 Å². The highest BCUT2D eigenvalue weighted by Crippen LogP contribution is 2.21. The molecule has 1 aliphatic rings. The second-order valence-electron chi connectivity index (χ2n) is 5.65. The van der Waals surface area contributed by atoms with Gasteiger partial charge in [0.2, 0.25) is 0 Å². The molecule has 0 aromatic carbocycles. The van der Waals surface area contributed by atoms with Crippen molar-refractivity contribution in [2.75, 3.05) is 19.7 Å². The molecule has 0 radical (unpaired) electrons. The number of amides is 1. The Bertz CT molecular complexity index is 741.